The Morgan fingerprint density at radius 3 is 2.79 bits per heavy atom. The van der Waals surface area contributed by atoms with Crippen LogP contribution in [0.25, 0.3) is 0 Å². The molecule has 0 saturated heterocycles. The van der Waals surface area contributed by atoms with Crippen molar-refractivity contribution < 1.29 is 14.7 Å². The predicted molar refractivity (Wildman–Crippen MR) is 76.9 cm³/mol. The molecule has 0 aliphatic carbocycles. The van der Waals surface area contributed by atoms with E-state index in [0.717, 1.165) is 10.0 Å². The Morgan fingerprint density at radius 2 is 2.16 bits per heavy atom. The molecule has 0 fully saturated rings. The van der Waals surface area contributed by atoms with Crippen molar-refractivity contribution >= 4 is 27.8 Å². The van der Waals surface area contributed by atoms with E-state index in [1.54, 1.807) is 0 Å². The third-order valence-corrected chi connectivity index (χ3v) is 3.19. The number of halogens is 1. The Labute approximate surface area is 121 Å². The monoisotopic (exact) mass is 327 g/mol. The van der Waals surface area contributed by atoms with Crippen molar-refractivity contribution in [3.8, 4) is 0 Å². The minimum Gasteiger partial charge on any atom is -0.481 e. The van der Waals surface area contributed by atoms with E-state index < -0.39 is 5.97 Å². The summed E-state index contributed by atoms with van der Waals surface area (Å²) >= 11 is 3.39. The molecule has 0 radical (unpaired) electrons. The molecule has 5 heteroatoms. The Balaban J connectivity index is 2.26. The van der Waals surface area contributed by atoms with Gasteiger partial charge in [0.25, 0.3) is 0 Å². The maximum atomic E-state index is 11.6. The molecule has 1 atom stereocenters. The molecule has 2 N–H and O–H groups in total. The van der Waals surface area contributed by atoms with Crippen LogP contribution in [0.3, 0.4) is 0 Å². The molecular formula is C14H18BrNO3. The van der Waals surface area contributed by atoms with E-state index in [9.17, 15) is 9.59 Å². The fourth-order valence-electron chi connectivity index (χ4n) is 1.70. The van der Waals surface area contributed by atoms with Crippen molar-refractivity contribution in [2.75, 3.05) is 6.54 Å². The van der Waals surface area contributed by atoms with Gasteiger partial charge >= 0.3 is 5.97 Å². The van der Waals surface area contributed by atoms with Gasteiger partial charge in [0, 0.05) is 23.9 Å². The third kappa shape index (κ3) is 6.96. The number of hydrogen-bond acceptors (Lipinski definition) is 2. The van der Waals surface area contributed by atoms with E-state index in [1.807, 2.05) is 31.2 Å². The lowest BCUT2D eigenvalue weighted by atomic mass is 10.1. The lowest BCUT2D eigenvalue weighted by molar-refractivity contribution is -0.138. The van der Waals surface area contributed by atoms with Crippen molar-refractivity contribution in [2.45, 2.75) is 26.2 Å². The molecule has 1 rings (SSSR count). The minimum atomic E-state index is -0.837. The predicted octanol–water partition coefficient (Wildman–Crippen LogP) is 2.61. The first-order chi connectivity index (χ1) is 8.97. The van der Waals surface area contributed by atoms with Gasteiger partial charge < -0.3 is 10.4 Å². The molecule has 1 amide bonds. The molecule has 1 aromatic rings. The van der Waals surface area contributed by atoms with Crippen LogP contribution < -0.4 is 5.32 Å². The summed E-state index contributed by atoms with van der Waals surface area (Å²) in [7, 11) is 0. The Bertz CT molecular complexity index is 448. The molecular weight excluding hydrogens is 310 g/mol. The summed E-state index contributed by atoms with van der Waals surface area (Å²) in [6.07, 6.45) is 1.17. The number of benzene rings is 1. The van der Waals surface area contributed by atoms with Crippen LogP contribution in [0.4, 0.5) is 0 Å². The molecule has 0 bridgehead atoms. The molecule has 1 unspecified atom stereocenters. The summed E-state index contributed by atoms with van der Waals surface area (Å²) in [5.74, 6) is -0.930. The normalized spacial score (nSPS) is 11.9. The van der Waals surface area contributed by atoms with Crippen LogP contribution >= 0.6 is 15.9 Å². The highest BCUT2D eigenvalue weighted by atomic mass is 79.9. The second kappa shape index (κ2) is 7.94. The Hall–Kier alpha value is -1.36. The van der Waals surface area contributed by atoms with Gasteiger partial charge in [0.1, 0.15) is 0 Å². The number of nitrogens with one attached hydrogen (secondary N) is 1. The van der Waals surface area contributed by atoms with Crippen molar-refractivity contribution in [2.24, 2.45) is 5.92 Å². The van der Waals surface area contributed by atoms with Crippen LogP contribution in [0, 0.1) is 5.92 Å². The first kappa shape index (κ1) is 15.7. The van der Waals surface area contributed by atoms with Crippen molar-refractivity contribution in [1.29, 1.82) is 0 Å². The number of amides is 1. The molecule has 19 heavy (non-hydrogen) atoms. The lowest BCUT2D eigenvalue weighted by Crippen LogP contribution is -2.29. The van der Waals surface area contributed by atoms with Crippen molar-refractivity contribution in [1.82, 2.24) is 5.32 Å². The number of carboxylic acids is 1. The number of carboxylic acid groups (broad SMARTS) is 1. The summed E-state index contributed by atoms with van der Waals surface area (Å²) < 4.78 is 1.00. The number of hydrogen-bond donors (Lipinski definition) is 2. The van der Waals surface area contributed by atoms with Crippen LogP contribution in [0.5, 0.6) is 0 Å². The number of carbonyl (C=O) groups excluding carboxylic acids is 1. The van der Waals surface area contributed by atoms with Gasteiger partial charge in [-0.1, -0.05) is 35.0 Å². The van der Waals surface area contributed by atoms with Gasteiger partial charge in [-0.15, -0.1) is 0 Å². The third-order valence-electron chi connectivity index (χ3n) is 2.70. The summed E-state index contributed by atoms with van der Waals surface area (Å²) in [5, 5.41) is 11.4. The molecule has 0 aliphatic heterocycles. The SMILES string of the molecule is CC(CNC(=O)CCc1cccc(Br)c1)CC(=O)O. The fourth-order valence-corrected chi connectivity index (χ4v) is 2.14. The smallest absolute Gasteiger partial charge is 0.303 e. The van der Waals surface area contributed by atoms with Crippen LogP contribution in [-0.2, 0) is 16.0 Å². The van der Waals surface area contributed by atoms with E-state index in [2.05, 4.69) is 21.2 Å². The summed E-state index contributed by atoms with van der Waals surface area (Å²) in [4.78, 5) is 22.1. The molecule has 0 aliphatic rings. The molecule has 0 spiro atoms. The van der Waals surface area contributed by atoms with E-state index in [1.165, 1.54) is 0 Å². The zero-order valence-corrected chi connectivity index (χ0v) is 12.4. The molecule has 0 heterocycles. The maximum absolute atomic E-state index is 11.6. The average molecular weight is 328 g/mol. The first-order valence-corrected chi connectivity index (χ1v) is 6.99. The Kier molecular flexibility index (Phi) is 6.56. The zero-order valence-electron chi connectivity index (χ0n) is 10.9. The van der Waals surface area contributed by atoms with Gasteiger partial charge in [-0.3, -0.25) is 9.59 Å². The lowest BCUT2D eigenvalue weighted by Gasteiger charge is -2.10. The summed E-state index contributed by atoms with van der Waals surface area (Å²) in [6.45, 7) is 2.21. The second-order valence-corrected chi connectivity index (χ2v) is 5.55. The van der Waals surface area contributed by atoms with Crippen molar-refractivity contribution in [3.05, 3.63) is 34.3 Å². The van der Waals surface area contributed by atoms with Crippen LogP contribution in [-0.4, -0.2) is 23.5 Å². The highest BCUT2D eigenvalue weighted by molar-refractivity contribution is 9.10. The van der Waals surface area contributed by atoms with Gasteiger partial charge in [0.2, 0.25) is 5.91 Å². The zero-order chi connectivity index (χ0) is 14.3. The maximum Gasteiger partial charge on any atom is 0.303 e. The van der Waals surface area contributed by atoms with Gasteiger partial charge in [0.15, 0.2) is 0 Å². The largest absolute Gasteiger partial charge is 0.481 e. The van der Waals surface area contributed by atoms with Crippen LogP contribution in [0.15, 0.2) is 28.7 Å². The van der Waals surface area contributed by atoms with Crippen molar-refractivity contribution in [3.63, 3.8) is 0 Å². The highest BCUT2D eigenvalue weighted by Gasteiger charge is 2.09. The topological polar surface area (TPSA) is 66.4 Å². The highest BCUT2D eigenvalue weighted by Crippen LogP contribution is 2.12. The van der Waals surface area contributed by atoms with Gasteiger partial charge in [-0.05, 0) is 30.0 Å². The number of aliphatic carboxylic acids is 1. The molecule has 104 valence electrons. The molecule has 0 saturated carbocycles. The fraction of sp³-hybridized carbons (Fsp3) is 0.429. The first-order valence-electron chi connectivity index (χ1n) is 6.20. The van der Waals surface area contributed by atoms with E-state index in [4.69, 9.17) is 5.11 Å². The average Bonchev–Trinajstić information content (AvgIpc) is 2.33. The number of aryl methyl sites for hydroxylation is 1. The second-order valence-electron chi connectivity index (χ2n) is 4.64. The molecule has 0 aromatic heterocycles. The van der Waals surface area contributed by atoms with Crippen LogP contribution in [0.2, 0.25) is 0 Å². The minimum absolute atomic E-state index is 0.0442. The van der Waals surface area contributed by atoms with Crippen LogP contribution in [0.1, 0.15) is 25.3 Å². The Morgan fingerprint density at radius 1 is 1.42 bits per heavy atom. The molecule has 4 nitrogen and oxygen atoms in total. The number of carbonyl (C=O) groups is 2. The van der Waals surface area contributed by atoms with E-state index >= 15 is 0 Å². The summed E-state index contributed by atoms with van der Waals surface area (Å²) in [6, 6.07) is 7.84. The standard InChI is InChI=1S/C14H18BrNO3/c1-10(7-14(18)19)9-16-13(17)6-5-11-3-2-4-12(15)8-11/h2-4,8,10H,5-7,9H2,1H3,(H,16,17)(H,18,19). The van der Waals surface area contributed by atoms with E-state index in [0.29, 0.717) is 19.4 Å². The van der Waals surface area contributed by atoms with Gasteiger partial charge in [0.05, 0.1) is 0 Å². The quantitative estimate of drug-likeness (QED) is 0.808. The molecule has 1 aromatic carbocycles. The van der Waals surface area contributed by atoms with Gasteiger partial charge in [-0.2, -0.15) is 0 Å². The van der Waals surface area contributed by atoms with E-state index in [-0.39, 0.29) is 18.2 Å². The number of rotatable bonds is 7. The summed E-state index contributed by atoms with van der Waals surface area (Å²) in [5.41, 5.74) is 1.10. The van der Waals surface area contributed by atoms with Gasteiger partial charge in [-0.25, -0.2) is 0 Å².